The lowest BCUT2D eigenvalue weighted by atomic mass is 9.95. The van der Waals surface area contributed by atoms with Gasteiger partial charge in [0, 0.05) is 5.56 Å². The van der Waals surface area contributed by atoms with Crippen LogP contribution in [0.4, 0.5) is 5.13 Å². The number of carbonyl (C=O) groups is 2. The molecule has 33 heavy (non-hydrogen) atoms. The van der Waals surface area contributed by atoms with Crippen molar-refractivity contribution in [2.24, 2.45) is 0 Å². The van der Waals surface area contributed by atoms with Gasteiger partial charge in [0.25, 0.3) is 5.78 Å². The van der Waals surface area contributed by atoms with E-state index in [9.17, 15) is 14.7 Å². The summed E-state index contributed by atoms with van der Waals surface area (Å²) in [5, 5.41) is 11.5. The number of fused-ring (bicyclic) bond motifs is 1. The smallest absolute Gasteiger partial charge is 0.301 e. The zero-order valence-corrected chi connectivity index (χ0v) is 18.8. The SMILES string of the molecule is COc1cccc(C2/C(=C(\O)c3ccccc3)C(=O)C(=O)N2c2nc3ccc(C)cc3s2)c1. The Balaban J connectivity index is 1.74. The number of amides is 1. The third kappa shape index (κ3) is 3.56. The fraction of sp³-hybridized carbons (Fsp3) is 0.115. The van der Waals surface area contributed by atoms with Crippen molar-refractivity contribution >= 4 is 44.1 Å². The highest BCUT2D eigenvalue weighted by molar-refractivity contribution is 7.22. The molecule has 6 nitrogen and oxygen atoms in total. The lowest BCUT2D eigenvalue weighted by Crippen LogP contribution is -2.29. The van der Waals surface area contributed by atoms with E-state index < -0.39 is 17.7 Å². The molecule has 3 aromatic carbocycles. The first kappa shape index (κ1) is 20.9. The molecule has 1 fully saturated rings. The molecule has 1 aliphatic heterocycles. The lowest BCUT2D eigenvalue weighted by Gasteiger charge is -2.23. The van der Waals surface area contributed by atoms with Gasteiger partial charge in [0.15, 0.2) is 5.13 Å². The van der Waals surface area contributed by atoms with Gasteiger partial charge in [0.05, 0.1) is 28.9 Å². The summed E-state index contributed by atoms with van der Waals surface area (Å²) >= 11 is 1.34. The summed E-state index contributed by atoms with van der Waals surface area (Å²) in [6.07, 6.45) is 0. The van der Waals surface area contributed by atoms with E-state index in [4.69, 9.17) is 4.74 Å². The van der Waals surface area contributed by atoms with Gasteiger partial charge in [-0.2, -0.15) is 0 Å². The van der Waals surface area contributed by atoms with Crippen LogP contribution in [-0.2, 0) is 9.59 Å². The van der Waals surface area contributed by atoms with Crippen LogP contribution in [0, 0.1) is 6.92 Å². The Morgan fingerprint density at radius 1 is 1.03 bits per heavy atom. The molecular formula is C26H20N2O4S. The molecule has 164 valence electrons. The van der Waals surface area contributed by atoms with Gasteiger partial charge in [0.2, 0.25) is 0 Å². The molecule has 1 aliphatic rings. The second kappa shape index (κ2) is 8.18. The van der Waals surface area contributed by atoms with Crippen molar-refractivity contribution in [1.29, 1.82) is 0 Å². The Morgan fingerprint density at radius 3 is 2.58 bits per heavy atom. The first-order valence-corrected chi connectivity index (χ1v) is 11.2. The Morgan fingerprint density at radius 2 is 1.82 bits per heavy atom. The van der Waals surface area contributed by atoms with Gasteiger partial charge in [-0.1, -0.05) is 59.9 Å². The van der Waals surface area contributed by atoms with Crippen molar-refractivity contribution in [3.05, 3.63) is 95.1 Å². The maximum Gasteiger partial charge on any atom is 0.301 e. The van der Waals surface area contributed by atoms with Crippen molar-refractivity contribution in [3.63, 3.8) is 0 Å². The van der Waals surface area contributed by atoms with Crippen LogP contribution in [-0.4, -0.2) is 28.9 Å². The fourth-order valence-electron chi connectivity index (χ4n) is 4.03. The van der Waals surface area contributed by atoms with Crippen molar-refractivity contribution < 1.29 is 19.4 Å². The average Bonchev–Trinajstić information content (AvgIpc) is 3.37. The fourth-order valence-corrected chi connectivity index (χ4v) is 5.12. The van der Waals surface area contributed by atoms with Gasteiger partial charge in [-0.05, 0) is 42.3 Å². The minimum absolute atomic E-state index is 0.0230. The van der Waals surface area contributed by atoms with Crippen molar-refractivity contribution in [2.75, 3.05) is 12.0 Å². The van der Waals surface area contributed by atoms with E-state index in [0.29, 0.717) is 22.0 Å². The predicted molar refractivity (Wildman–Crippen MR) is 129 cm³/mol. The lowest BCUT2D eigenvalue weighted by molar-refractivity contribution is -0.132. The first-order chi connectivity index (χ1) is 16.0. The minimum atomic E-state index is -0.845. The molecule has 0 aliphatic carbocycles. The van der Waals surface area contributed by atoms with Crippen LogP contribution in [0.5, 0.6) is 5.75 Å². The Labute approximate surface area is 194 Å². The Kier molecular flexibility index (Phi) is 5.18. The van der Waals surface area contributed by atoms with E-state index in [1.165, 1.54) is 16.2 Å². The Hall–Kier alpha value is -3.97. The summed E-state index contributed by atoms with van der Waals surface area (Å²) in [6, 6.07) is 20.9. The normalized spacial score (nSPS) is 17.6. The zero-order chi connectivity index (χ0) is 23.1. The molecule has 1 saturated heterocycles. The first-order valence-electron chi connectivity index (χ1n) is 10.4. The number of ketones is 1. The molecule has 1 amide bonds. The van der Waals surface area contributed by atoms with Crippen LogP contribution < -0.4 is 9.64 Å². The highest BCUT2D eigenvalue weighted by atomic mass is 32.1. The third-order valence-electron chi connectivity index (χ3n) is 5.64. The maximum absolute atomic E-state index is 13.3. The number of ether oxygens (including phenoxy) is 1. The molecule has 0 saturated carbocycles. The quantitative estimate of drug-likeness (QED) is 0.258. The van der Waals surface area contributed by atoms with E-state index in [0.717, 1.165) is 15.8 Å². The molecule has 7 heteroatoms. The van der Waals surface area contributed by atoms with Crippen LogP contribution >= 0.6 is 11.3 Å². The number of aliphatic hydroxyl groups excluding tert-OH is 1. The van der Waals surface area contributed by atoms with Gasteiger partial charge >= 0.3 is 5.91 Å². The maximum atomic E-state index is 13.3. The molecule has 0 bridgehead atoms. The largest absolute Gasteiger partial charge is 0.507 e. The van der Waals surface area contributed by atoms with E-state index >= 15 is 0 Å². The summed E-state index contributed by atoms with van der Waals surface area (Å²) in [5.74, 6) is -1.12. The zero-order valence-electron chi connectivity index (χ0n) is 18.0. The third-order valence-corrected chi connectivity index (χ3v) is 6.66. The topological polar surface area (TPSA) is 79.7 Å². The number of rotatable bonds is 4. The van der Waals surface area contributed by atoms with Crippen LogP contribution in [0.15, 0.2) is 78.4 Å². The summed E-state index contributed by atoms with van der Waals surface area (Å²) in [6.45, 7) is 1.99. The number of hydrogen-bond acceptors (Lipinski definition) is 6. The van der Waals surface area contributed by atoms with Gasteiger partial charge in [-0.15, -0.1) is 0 Å². The second-order valence-electron chi connectivity index (χ2n) is 7.78. The molecule has 0 radical (unpaired) electrons. The van der Waals surface area contributed by atoms with E-state index in [2.05, 4.69) is 4.98 Å². The molecular weight excluding hydrogens is 436 g/mol. The van der Waals surface area contributed by atoms with E-state index in [-0.39, 0.29) is 11.3 Å². The highest BCUT2D eigenvalue weighted by Gasteiger charge is 2.48. The summed E-state index contributed by atoms with van der Waals surface area (Å²) in [7, 11) is 1.55. The summed E-state index contributed by atoms with van der Waals surface area (Å²) in [5.41, 5.74) is 2.95. The number of Topliss-reactive ketones (excluding diaryl/α,β-unsaturated/α-hetero) is 1. The molecule has 1 aromatic heterocycles. The molecule has 4 aromatic rings. The van der Waals surface area contributed by atoms with Crippen LogP contribution in [0.2, 0.25) is 0 Å². The monoisotopic (exact) mass is 456 g/mol. The number of carbonyl (C=O) groups excluding carboxylic acids is 2. The molecule has 0 spiro atoms. The number of nitrogens with zero attached hydrogens (tertiary/aromatic N) is 2. The van der Waals surface area contributed by atoms with Crippen molar-refractivity contribution in [1.82, 2.24) is 4.98 Å². The molecule has 1 N–H and O–H groups in total. The molecule has 1 unspecified atom stereocenters. The number of methoxy groups -OCH3 is 1. The number of hydrogen-bond donors (Lipinski definition) is 1. The highest BCUT2D eigenvalue weighted by Crippen LogP contribution is 2.44. The van der Waals surface area contributed by atoms with Crippen LogP contribution in [0.25, 0.3) is 16.0 Å². The summed E-state index contributed by atoms with van der Waals surface area (Å²) in [4.78, 5) is 32.6. The molecule has 1 atom stereocenters. The van der Waals surface area contributed by atoms with Crippen LogP contribution in [0.1, 0.15) is 22.7 Å². The van der Waals surface area contributed by atoms with E-state index in [1.807, 2.05) is 37.3 Å². The van der Waals surface area contributed by atoms with Gasteiger partial charge in [-0.25, -0.2) is 4.98 Å². The van der Waals surface area contributed by atoms with Gasteiger partial charge < -0.3 is 9.84 Å². The number of aromatic nitrogens is 1. The van der Waals surface area contributed by atoms with E-state index in [1.54, 1.807) is 49.6 Å². The standard InChI is InChI=1S/C26H20N2O4S/c1-15-11-12-19-20(13-15)33-26(27-19)28-22(17-9-6-10-18(14-17)32-2)21(24(30)25(28)31)23(29)16-7-4-3-5-8-16/h3-14,22,29H,1-2H3/b23-21+. The minimum Gasteiger partial charge on any atom is -0.507 e. The van der Waals surface area contributed by atoms with Gasteiger partial charge in [-0.3, -0.25) is 14.5 Å². The van der Waals surface area contributed by atoms with Crippen molar-refractivity contribution in [3.8, 4) is 5.75 Å². The molecule has 2 heterocycles. The van der Waals surface area contributed by atoms with Gasteiger partial charge in [0.1, 0.15) is 11.5 Å². The second-order valence-corrected chi connectivity index (χ2v) is 8.79. The van der Waals surface area contributed by atoms with Crippen molar-refractivity contribution in [2.45, 2.75) is 13.0 Å². The number of aliphatic hydroxyl groups is 1. The Bertz CT molecular complexity index is 1420. The predicted octanol–water partition coefficient (Wildman–Crippen LogP) is 5.24. The number of thiazole rings is 1. The number of benzene rings is 3. The number of anilines is 1. The molecule has 5 rings (SSSR count). The average molecular weight is 457 g/mol. The number of aryl methyl sites for hydroxylation is 1. The summed E-state index contributed by atoms with van der Waals surface area (Å²) < 4.78 is 6.29. The van der Waals surface area contributed by atoms with Crippen LogP contribution in [0.3, 0.4) is 0 Å².